The molecule has 0 aromatic carbocycles. The molecule has 0 radical (unpaired) electrons. The third kappa shape index (κ3) is 2.28. The molecule has 80 valence electrons. The van der Waals surface area contributed by atoms with Crippen LogP contribution in [0, 0.1) is 0 Å². The molecule has 1 aromatic heterocycles. The zero-order valence-corrected chi connectivity index (χ0v) is 9.90. The van der Waals surface area contributed by atoms with Gasteiger partial charge in [-0.05, 0) is 6.07 Å². The minimum atomic E-state index is -0.378. The first-order chi connectivity index (χ1) is 7.16. The maximum Gasteiger partial charge on any atom is 0.263 e. The summed E-state index contributed by atoms with van der Waals surface area (Å²) in [5, 5.41) is 0. The first kappa shape index (κ1) is 10.4. The van der Waals surface area contributed by atoms with Crippen LogP contribution in [0.15, 0.2) is 22.8 Å². The molecule has 1 aliphatic heterocycles. The van der Waals surface area contributed by atoms with E-state index in [1.165, 1.54) is 0 Å². The summed E-state index contributed by atoms with van der Waals surface area (Å²) in [6.45, 7) is 0.748. The van der Waals surface area contributed by atoms with Crippen molar-refractivity contribution in [1.29, 1.82) is 0 Å². The number of likely N-dealkylation sites (tertiary alicyclic amines) is 1. The van der Waals surface area contributed by atoms with Crippen LogP contribution in [-0.2, 0) is 4.79 Å². The Labute approximate surface area is 96.4 Å². The number of hydrogen-bond donors (Lipinski definition) is 0. The van der Waals surface area contributed by atoms with Crippen LogP contribution in [0.25, 0.3) is 0 Å². The maximum atomic E-state index is 11.6. The van der Waals surface area contributed by atoms with Gasteiger partial charge in [-0.2, -0.15) is 0 Å². The number of hydrogen-bond acceptors (Lipinski definition) is 3. The molecule has 4 nitrogen and oxygen atoms in total. The van der Waals surface area contributed by atoms with Gasteiger partial charge in [0, 0.05) is 36.7 Å². The highest BCUT2D eigenvalue weighted by Crippen LogP contribution is 2.19. The molecule has 2 rings (SSSR count). The average Bonchev–Trinajstić information content (AvgIpc) is 2.50. The topological polar surface area (TPSA) is 42.4 Å². The van der Waals surface area contributed by atoms with Crippen LogP contribution in [0.5, 0.6) is 5.88 Å². The molecule has 1 aliphatic rings. The van der Waals surface area contributed by atoms with E-state index in [9.17, 15) is 4.79 Å². The number of pyridine rings is 1. The minimum absolute atomic E-state index is 0.0248. The number of aromatic nitrogens is 1. The smallest absolute Gasteiger partial charge is 0.263 e. The van der Waals surface area contributed by atoms with Gasteiger partial charge in [0.1, 0.15) is 0 Å². The Morgan fingerprint density at radius 2 is 2.47 bits per heavy atom. The molecule has 0 saturated carbocycles. The summed E-state index contributed by atoms with van der Waals surface area (Å²) < 4.78 is 6.40. The van der Waals surface area contributed by atoms with Crippen LogP contribution in [0.1, 0.15) is 6.42 Å². The fourth-order valence-electron chi connectivity index (χ4n) is 1.50. The second-order valence-electron chi connectivity index (χ2n) is 3.47. The second kappa shape index (κ2) is 4.18. The van der Waals surface area contributed by atoms with Gasteiger partial charge >= 0.3 is 0 Å². The standard InChI is InChI=1S/C10H11BrN2O2/c1-13-5-3-8(10(13)14)15-9-6-7(11)2-4-12-9/h2,4,6,8H,3,5H2,1H3. The van der Waals surface area contributed by atoms with E-state index in [-0.39, 0.29) is 12.0 Å². The monoisotopic (exact) mass is 270 g/mol. The van der Waals surface area contributed by atoms with Crippen molar-refractivity contribution >= 4 is 21.8 Å². The maximum absolute atomic E-state index is 11.6. The zero-order chi connectivity index (χ0) is 10.8. The van der Waals surface area contributed by atoms with Crippen LogP contribution < -0.4 is 4.74 Å². The fraction of sp³-hybridized carbons (Fsp3) is 0.400. The molecule has 0 aliphatic carbocycles. The number of halogens is 1. The van der Waals surface area contributed by atoms with Crippen molar-refractivity contribution in [1.82, 2.24) is 9.88 Å². The van der Waals surface area contributed by atoms with E-state index < -0.39 is 0 Å². The average molecular weight is 271 g/mol. The lowest BCUT2D eigenvalue weighted by molar-refractivity contribution is -0.132. The number of amides is 1. The third-order valence-corrected chi connectivity index (χ3v) is 2.83. The van der Waals surface area contributed by atoms with Crippen molar-refractivity contribution in [2.24, 2.45) is 0 Å². The molecule has 1 atom stereocenters. The Hall–Kier alpha value is -1.10. The lowest BCUT2D eigenvalue weighted by Gasteiger charge is -2.11. The summed E-state index contributed by atoms with van der Waals surface area (Å²) >= 11 is 3.32. The second-order valence-corrected chi connectivity index (χ2v) is 4.38. The number of nitrogens with zero attached hydrogens (tertiary/aromatic N) is 2. The Bertz CT molecular complexity index is 383. The van der Waals surface area contributed by atoms with E-state index in [1.54, 1.807) is 24.2 Å². The van der Waals surface area contributed by atoms with E-state index in [0.717, 1.165) is 17.4 Å². The molecule has 15 heavy (non-hydrogen) atoms. The molecular formula is C10H11BrN2O2. The number of ether oxygens (including phenoxy) is 1. The van der Waals surface area contributed by atoms with Crippen molar-refractivity contribution < 1.29 is 9.53 Å². The normalized spacial score (nSPS) is 20.8. The van der Waals surface area contributed by atoms with Gasteiger partial charge < -0.3 is 9.64 Å². The fourth-order valence-corrected chi connectivity index (χ4v) is 1.81. The quantitative estimate of drug-likeness (QED) is 0.817. The summed E-state index contributed by atoms with van der Waals surface area (Å²) in [4.78, 5) is 17.3. The van der Waals surface area contributed by atoms with Gasteiger partial charge in [-0.1, -0.05) is 15.9 Å². The van der Waals surface area contributed by atoms with Gasteiger partial charge in [-0.25, -0.2) is 4.98 Å². The van der Waals surface area contributed by atoms with Gasteiger partial charge in [0.2, 0.25) is 5.88 Å². The number of likely N-dealkylation sites (N-methyl/N-ethyl adjacent to an activating group) is 1. The number of carbonyl (C=O) groups is 1. The van der Waals surface area contributed by atoms with E-state index in [4.69, 9.17) is 4.74 Å². The summed E-state index contributed by atoms with van der Waals surface area (Å²) in [6, 6.07) is 3.57. The molecule has 2 heterocycles. The summed E-state index contributed by atoms with van der Waals surface area (Å²) in [5.74, 6) is 0.509. The highest BCUT2D eigenvalue weighted by molar-refractivity contribution is 9.10. The SMILES string of the molecule is CN1CCC(Oc2cc(Br)ccn2)C1=O. The van der Waals surface area contributed by atoms with Gasteiger partial charge in [-0.3, -0.25) is 4.79 Å². The van der Waals surface area contributed by atoms with E-state index in [2.05, 4.69) is 20.9 Å². The first-order valence-electron chi connectivity index (χ1n) is 4.70. The summed E-state index contributed by atoms with van der Waals surface area (Å²) in [7, 11) is 1.78. The molecule has 0 N–H and O–H groups in total. The lowest BCUT2D eigenvalue weighted by atomic mass is 10.3. The van der Waals surface area contributed by atoms with E-state index in [1.807, 2.05) is 6.07 Å². The van der Waals surface area contributed by atoms with Gasteiger partial charge in [0.25, 0.3) is 5.91 Å². The van der Waals surface area contributed by atoms with Crippen molar-refractivity contribution in [3.05, 3.63) is 22.8 Å². The Morgan fingerprint density at radius 1 is 1.67 bits per heavy atom. The third-order valence-electron chi connectivity index (χ3n) is 2.34. The Morgan fingerprint density at radius 3 is 3.07 bits per heavy atom. The van der Waals surface area contributed by atoms with Crippen LogP contribution in [0.2, 0.25) is 0 Å². The van der Waals surface area contributed by atoms with Crippen molar-refractivity contribution in [2.45, 2.75) is 12.5 Å². The van der Waals surface area contributed by atoms with E-state index >= 15 is 0 Å². The van der Waals surface area contributed by atoms with Gasteiger partial charge in [0.15, 0.2) is 6.10 Å². The summed E-state index contributed by atoms with van der Waals surface area (Å²) in [6.07, 6.45) is 1.99. The number of carbonyl (C=O) groups excluding carboxylic acids is 1. The molecule has 1 unspecified atom stereocenters. The highest BCUT2D eigenvalue weighted by Gasteiger charge is 2.30. The Balaban J connectivity index is 2.06. The molecule has 0 bridgehead atoms. The van der Waals surface area contributed by atoms with Crippen LogP contribution in [0.3, 0.4) is 0 Å². The molecule has 1 aromatic rings. The summed E-state index contributed by atoms with van der Waals surface area (Å²) in [5.41, 5.74) is 0. The van der Waals surface area contributed by atoms with Crippen LogP contribution in [0.4, 0.5) is 0 Å². The zero-order valence-electron chi connectivity index (χ0n) is 8.31. The molecule has 0 spiro atoms. The Kier molecular flexibility index (Phi) is 2.90. The minimum Gasteiger partial charge on any atom is -0.464 e. The molecular weight excluding hydrogens is 260 g/mol. The molecule has 1 saturated heterocycles. The van der Waals surface area contributed by atoms with Crippen molar-refractivity contribution in [3.8, 4) is 5.88 Å². The van der Waals surface area contributed by atoms with Gasteiger partial charge in [-0.15, -0.1) is 0 Å². The number of rotatable bonds is 2. The van der Waals surface area contributed by atoms with Crippen molar-refractivity contribution in [2.75, 3.05) is 13.6 Å². The van der Waals surface area contributed by atoms with Crippen LogP contribution >= 0.6 is 15.9 Å². The predicted octanol–water partition coefficient (Wildman–Crippen LogP) is 1.45. The van der Waals surface area contributed by atoms with E-state index in [0.29, 0.717) is 5.88 Å². The predicted molar refractivity (Wildman–Crippen MR) is 58.6 cm³/mol. The molecule has 1 fully saturated rings. The highest BCUT2D eigenvalue weighted by atomic mass is 79.9. The largest absolute Gasteiger partial charge is 0.464 e. The first-order valence-corrected chi connectivity index (χ1v) is 5.49. The van der Waals surface area contributed by atoms with Crippen molar-refractivity contribution in [3.63, 3.8) is 0 Å². The lowest BCUT2D eigenvalue weighted by Crippen LogP contribution is -2.29. The molecule has 5 heteroatoms. The molecule has 1 amide bonds. The van der Waals surface area contributed by atoms with Crippen LogP contribution in [-0.4, -0.2) is 35.5 Å². The van der Waals surface area contributed by atoms with Gasteiger partial charge in [0.05, 0.1) is 0 Å².